The minimum absolute atomic E-state index is 0.215. The van der Waals surface area contributed by atoms with Gasteiger partial charge in [0.2, 0.25) is 0 Å². The zero-order valence-electron chi connectivity index (χ0n) is 17.3. The number of carbonyl (C=O) groups excluding carboxylic acids is 1. The molecule has 9 heteroatoms. The molecule has 0 aromatic heterocycles. The highest BCUT2D eigenvalue weighted by Gasteiger charge is 2.20. The molecule has 0 radical (unpaired) electrons. The van der Waals surface area contributed by atoms with Crippen molar-refractivity contribution in [1.82, 2.24) is 0 Å². The molecule has 0 aliphatic heterocycles. The van der Waals surface area contributed by atoms with E-state index in [4.69, 9.17) is 0 Å². The molecule has 3 aromatic rings. The summed E-state index contributed by atoms with van der Waals surface area (Å²) in [5, 5.41) is 14.0. The second-order valence-electron chi connectivity index (χ2n) is 7.68. The fourth-order valence-electron chi connectivity index (χ4n) is 3.71. The summed E-state index contributed by atoms with van der Waals surface area (Å²) in [7, 11) is -4.03. The lowest BCUT2D eigenvalue weighted by molar-refractivity contribution is -0.385. The minimum Gasteiger partial charge on any atom is -0.322 e. The van der Waals surface area contributed by atoms with Crippen LogP contribution in [0, 0.1) is 17.0 Å². The van der Waals surface area contributed by atoms with Crippen molar-refractivity contribution in [3.05, 3.63) is 93.0 Å². The lowest BCUT2D eigenvalue weighted by Crippen LogP contribution is -2.14. The molecule has 1 aliphatic rings. The van der Waals surface area contributed by atoms with Gasteiger partial charge in [0.25, 0.3) is 21.6 Å². The highest BCUT2D eigenvalue weighted by atomic mass is 32.2. The normalized spacial score (nSPS) is 12.8. The van der Waals surface area contributed by atoms with Gasteiger partial charge in [-0.2, -0.15) is 0 Å². The quantitative estimate of drug-likeness (QED) is 0.424. The van der Waals surface area contributed by atoms with Gasteiger partial charge in [0.1, 0.15) is 0 Å². The number of rotatable bonds is 6. The average Bonchev–Trinajstić information content (AvgIpc) is 3.22. The van der Waals surface area contributed by atoms with Gasteiger partial charge in [-0.25, -0.2) is 8.42 Å². The molecule has 8 nitrogen and oxygen atoms in total. The van der Waals surface area contributed by atoms with Crippen molar-refractivity contribution in [2.24, 2.45) is 0 Å². The number of aryl methyl sites for hydroxylation is 3. The van der Waals surface area contributed by atoms with Gasteiger partial charge >= 0.3 is 0 Å². The Bertz CT molecular complexity index is 1320. The third-order valence-corrected chi connectivity index (χ3v) is 6.82. The zero-order chi connectivity index (χ0) is 22.9. The summed E-state index contributed by atoms with van der Waals surface area (Å²) in [5.74, 6) is -0.300. The lowest BCUT2D eigenvalue weighted by Gasteiger charge is -2.10. The third-order valence-electron chi connectivity index (χ3n) is 5.44. The van der Waals surface area contributed by atoms with Crippen LogP contribution in [0.15, 0.2) is 65.6 Å². The van der Waals surface area contributed by atoms with E-state index in [-0.39, 0.29) is 22.2 Å². The van der Waals surface area contributed by atoms with Crippen LogP contribution in [-0.2, 0) is 22.9 Å². The van der Waals surface area contributed by atoms with Gasteiger partial charge in [0.15, 0.2) is 0 Å². The molecule has 2 N–H and O–H groups in total. The van der Waals surface area contributed by atoms with E-state index in [1.54, 1.807) is 0 Å². The molecule has 0 saturated heterocycles. The topological polar surface area (TPSA) is 118 Å². The average molecular weight is 452 g/mol. The Kier molecular flexibility index (Phi) is 5.67. The molecule has 1 aliphatic carbocycles. The van der Waals surface area contributed by atoms with Gasteiger partial charge in [-0.15, -0.1) is 0 Å². The van der Waals surface area contributed by atoms with Gasteiger partial charge in [-0.1, -0.05) is 12.1 Å². The summed E-state index contributed by atoms with van der Waals surface area (Å²) < 4.78 is 27.6. The largest absolute Gasteiger partial charge is 0.322 e. The van der Waals surface area contributed by atoms with E-state index < -0.39 is 14.9 Å². The van der Waals surface area contributed by atoms with E-state index >= 15 is 0 Å². The van der Waals surface area contributed by atoms with Crippen molar-refractivity contribution in [2.75, 3.05) is 10.0 Å². The zero-order valence-corrected chi connectivity index (χ0v) is 18.1. The predicted molar refractivity (Wildman–Crippen MR) is 122 cm³/mol. The Morgan fingerprint density at radius 2 is 1.62 bits per heavy atom. The first-order valence-electron chi connectivity index (χ1n) is 10.0. The van der Waals surface area contributed by atoms with E-state index in [0.29, 0.717) is 11.1 Å². The van der Waals surface area contributed by atoms with Crippen LogP contribution in [0.3, 0.4) is 0 Å². The SMILES string of the molecule is Cc1ccc(S(=O)(=O)Nc2ccc(C(=O)Nc3ccc4c(c3)CCC4)cc2)cc1[N+](=O)[O-]. The number of nitro groups is 1. The molecular weight excluding hydrogens is 430 g/mol. The third kappa shape index (κ3) is 4.47. The maximum atomic E-state index is 12.6. The lowest BCUT2D eigenvalue weighted by atomic mass is 10.1. The van der Waals surface area contributed by atoms with Gasteiger partial charge in [-0.05, 0) is 79.8 Å². The van der Waals surface area contributed by atoms with Crippen molar-refractivity contribution in [3.63, 3.8) is 0 Å². The maximum absolute atomic E-state index is 12.6. The maximum Gasteiger partial charge on any atom is 0.273 e. The van der Waals surface area contributed by atoms with E-state index in [0.717, 1.165) is 31.0 Å². The Morgan fingerprint density at radius 1 is 0.938 bits per heavy atom. The van der Waals surface area contributed by atoms with Crippen molar-refractivity contribution in [2.45, 2.75) is 31.1 Å². The van der Waals surface area contributed by atoms with Crippen LogP contribution in [0.4, 0.5) is 17.1 Å². The standard InChI is InChI=1S/C23H21N3O5S/c1-15-5-12-21(14-22(15)26(28)29)32(30,31)25-19-9-7-17(8-10-19)23(27)24-20-11-6-16-3-2-4-18(16)13-20/h5-14,25H,2-4H2,1H3,(H,24,27). The number of carbonyl (C=O) groups is 1. The van der Waals surface area contributed by atoms with Crippen molar-refractivity contribution in [3.8, 4) is 0 Å². The van der Waals surface area contributed by atoms with Gasteiger partial charge in [0.05, 0.1) is 9.82 Å². The number of nitro benzene ring substituents is 1. The molecule has 0 bridgehead atoms. The molecular formula is C23H21N3O5S. The number of fused-ring (bicyclic) bond motifs is 1. The van der Waals surface area contributed by atoms with Crippen LogP contribution in [0.1, 0.15) is 33.5 Å². The summed E-state index contributed by atoms with van der Waals surface area (Å²) in [4.78, 5) is 22.8. The Balaban J connectivity index is 1.47. The molecule has 0 fully saturated rings. The number of hydrogen-bond donors (Lipinski definition) is 2. The second-order valence-corrected chi connectivity index (χ2v) is 9.36. The van der Waals surface area contributed by atoms with Gasteiger partial charge in [-0.3, -0.25) is 19.6 Å². The van der Waals surface area contributed by atoms with Gasteiger partial charge < -0.3 is 5.32 Å². The van der Waals surface area contributed by atoms with E-state index in [1.807, 2.05) is 18.2 Å². The highest BCUT2D eigenvalue weighted by molar-refractivity contribution is 7.92. The molecule has 164 valence electrons. The summed E-state index contributed by atoms with van der Waals surface area (Å²) in [5.41, 5.74) is 4.00. The van der Waals surface area contributed by atoms with Gasteiger partial charge in [0, 0.05) is 28.6 Å². The summed E-state index contributed by atoms with van der Waals surface area (Å²) in [6.45, 7) is 1.54. The summed E-state index contributed by atoms with van der Waals surface area (Å²) in [6.07, 6.45) is 3.20. The number of benzene rings is 3. The Labute approximate surface area is 185 Å². The molecule has 4 rings (SSSR count). The molecule has 0 atom stereocenters. The fraction of sp³-hybridized carbons (Fsp3) is 0.174. The number of nitrogens with one attached hydrogen (secondary N) is 2. The van der Waals surface area contributed by atoms with Crippen molar-refractivity contribution >= 4 is 33.0 Å². The predicted octanol–water partition coefficient (Wildman–Crippen LogP) is 4.45. The van der Waals surface area contributed by atoms with Crippen molar-refractivity contribution < 1.29 is 18.1 Å². The highest BCUT2D eigenvalue weighted by Crippen LogP contribution is 2.26. The number of nitrogens with zero attached hydrogens (tertiary/aromatic N) is 1. The van der Waals surface area contributed by atoms with Crippen LogP contribution in [-0.4, -0.2) is 19.2 Å². The van der Waals surface area contributed by atoms with Crippen LogP contribution >= 0.6 is 0 Å². The van der Waals surface area contributed by atoms with Crippen LogP contribution in [0.2, 0.25) is 0 Å². The molecule has 0 saturated carbocycles. The monoisotopic (exact) mass is 451 g/mol. The smallest absolute Gasteiger partial charge is 0.273 e. The van der Waals surface area contributed by atoms with Crippen LogP contribution < -0.4 is 10.0 Å². The second kappa shape index (κ2) is 8.43. The molecule has 0 spiro atoms. The first-order valence-corrected chi connectivity index (χ1v) is 11.5. The first kappa shape index (κ1) is 21.5. The number of sulfonamides is 1. The van der Waals surface area contributed by atoms with E-state index in [1.165, 1.54) is 54.4 Å². The Hall–Kier alpha value is -3.72. The number of anilines is 2. The summed E-state index contributed by atoms with van der Waals surface area (Å²) in [6, 6.07) is 15.6. The molecule has 1 amide bonds. The minimum atomic E-state index is -4.03. The van der Waals surface area contributed by atoms with Crippen LogP contribution in [0.25, 0.3) is 0 Å². The molecule has 0 heterocycles. The Morgan fingerprint density at radius 3 is 2.34 bits per heavy atom. The fourth-order valence-corrected chi connectivity index (χ4v) is 4.79. The molecule has 3 aromatic carbocycles. The van der Waals surface area contributed by atoms with E-state index in [9.17, 15) is 23.3 Å². The van der Waals surface area contributed by atoms with Crippen molar-refractivity contribution in [1.29, 1.82) is 0 Å². The number of hydrogen-bond acceptors (Lipinski definition) is 5. The molecule has 0 unspecified atom stereocenters. The summed E-state index contributed by atoms with van der Waals surface area (Å²) >= 11 is 0. The molecule has 32 heavy (non-hydrogen) atoms. The van der Waals surface area contributed by atoms with E-state index in [2.05, 4.69) is 10.0 Å². The first-order chi connectivity index (χ1) is 15.2. The van der Waals surface area contributed by atoms with Crippen LogP contribution in [0.5, 0.6) is 0 Å². The number of amides is 1.